The maximum Gasteiger partial charge on any atom is 0.389 e. The second-order valence-corrected chi connectivity index (χ2v) is 5.43. The number of nitrogens with one attached hydrogen (secondary N) is 1. The van der Waals surface area contributed by atoms with Gasteiger partial charge in [0.25, 0.3) is 5.25 Å². The largest absolute Gasteiger partial charge is 0.389 e. The summed E-state index contributed by atoms with van der Waals surface area (Å²) in [5.74, 6) is 0.263. The highest BCUT2D eigenvalue weighted by Crippen LogP contribution is 2.36. The lowest BCUT2D eigenvalue weighted by atomic mass is 10.2. The zero-order valence-corrected chi connectivity index (χ0v) is 10.1. The van der Waals surface area contributed by atoms with Gasteiger partial charge in [0, 0.05) is 24.6 Å². The number of hydrogen-bond acceptors (Lipinski definition) is 2. The van der Waals surface area contributed by atoms with E-state index < -0.39 is 30.7 Å². The van der Waals surface area contributed by atoms with Crippen molar-refractivity contribution in [1.82, 2.24) is 5.32 Å². The summed E-state index contributed by atoms with van der Waals surface area (Å²) in [5.41, 5.74) is 0. The molecule has 1 saturated heterocycles. The average molecular weight is 277 g/mol. The molecule has 0 aliphatic carbocycles. The van der Waals surface area contributed by atoms with Gasteiger partial charge in [-0.3, -0.25) is 0 Å². The Hall–Kier alpha value is -0.0400. The summed E-state index contributed by atoms with van der Waals surface area (Å²) in [6.07, 6.45) is -4.85. The molecule has 1 rings (SSSR count). The molecule has 1 unspecified atom stereocenters. The number of thioether (sulfide) groups is 1. The summed E-state index contributed by atoms with van der Waals surface area (Å²) in [4.78, 5) is 0. The Morgan fingerprint density at radius 1 is 1.12 bits per heavy atom. The molecule has 17 heavy (non-hydrogen) atoms. The fourth-order valence-corrected chi connectivity index (χ4v) is 2.71. The quantitative estimate of drug-likeness (QED) is 0.741. The Labute approximate surface area is 102 Å². The van der Waals surface area contributed by atoms with Gasteiger partial charge in [0.2, 0.25) is 0 Å². The van der Waals surface area contributed by atoms with Crippen LogP contribution in [0.3, 0.4) is 0 Å². The van der Waals surface area contributed by atoms with Crippen LogP contribution >= 0.6 is 11.8 Å². The van der Waals surface area contributed by atoms with Gasteiger partial charge >= 0.3 is 6.18 Å². The molecule has 0 aromatic carbocycles. The minimum Gasteiger partial charge on any atom is -0.313 e. The van der Waals surface area contributed by atoms with Gasteiger partial charge in [-0.1, -0.05) is 11.8 Å². The van der Waals surface area contributed by atoms with E-state index in [1.807, 2.05) is 0 Å². The molecule has 1 fully saturated rings. The molecule has 1 N–H and O–H groups in total. The van der Waals surface area contributed by atoms with Crippen LogP contribution < -0.4 is 5.32 Å². The number of rotatable bonds is 6. The lowest BCUT2D eigenvalue weighted by Crippen LogP contribution is -2.26. The van der Waals surface area contributed by atoms with Gasteiger partial charge in [-0.2, -0.15) is 22.0 Å². The lowest BCUT2D eigenvalue weighted by Gasteiger charge is -2.18. The average Bonchev–Trinajstić information content (AvgIpc) is 2.64. The zero-order chi connectivity index (χ0) is 12.9. The molecule has 1 atom stereocenters. The summed E-state index contributed by atoms with van der Waals surface area (Å²) < 4.78 is 61.8. The van der Waals surface area contributed by atoms with E-state index in [2.05, 4.69) is 5.32 Å². The van der Waals surface area contributed by atoms with E-state index in [9.17, 15) is 22.0 Å². The molecule has 7 heteroatoms. The molecule has 0 aromatic heterocycles. The highest BCUT2D eigenvalue weighted by molar-refractivity contribution is 8.00. The van der Waals surface area contributed by atoms with Crippen LogP contribution in [0.1, 0.15) is 32.1 Å². The van der Waals surface area contributed by atoms with Crippen molar-refractivity contribution in [2.24, 2.45) is 0 Å². The van der Waals surface area contributed by atoms with Crippen molar-refractivity contribution in [2.75, 3.05) is 12.3 Å². The summed E-state index contributed by atoms with van der Waals surface area (Å²) in [7, 11) is 0. The normalized spacial score (nSPS) is 22.1. The Balaban J connectivity index is 2.16. The van der Waals surface area contributed by atoms with Crippen LogP contribution in [0.5, 0.6) is 0 Å². The van der Waals surface area contributed by atoms with Crippen LogP contribution in [-0.2, 0) is 0 Å². The molecule has 0 spiro atoms. The summed E-state index contributed by atoms with van der Waals surface area (Å²) in [6.45, 7) is 0.838. The maximum absolute atomic E-state index is 13.2. The van der Waals surface area contributed by atoms with Gasteiger partial charge in [-0.25, -0.2) is 0 Å². The highest BCUT2D eigenvalue weighted by atomic mass is 32.2. The van der Waals surface area contributed by atoms with Gasteiger partial charge in [0.05, 0.1) is 0 Å². The molecule has 0 amide bonds. The zero-order valence-electron chi connectivity index (χ0n) is 9.33. The maximum atomic E-state index is 13.2. The molecule has 0 saturated carbocycles. The van der Waals surface area contributed by atoms with Crippen LogP contribution in [0.2, 0.25) is 0 Å². The van der Waals surface area contributed by atoms with Crippen molar-refractivity contribution in [3.05, 3.63) is 0 Å². The molecule has 1 aliphatic rings. The lowest BCUT2D eigenvalue weighted by molar-refractivity contribution is -0.137. The van der Waals surface area contributed by atoms with Gasteiger partial charge < -0.3 is 5.32 Å². The van der Waals surface area contributed by atoms with Crippen LogP contribution in [-0.4, -0.2) is 29.8 Å². The third kappa shape index (κ3) is 7.08. The Morgan fingerprint density at radius 2 is 1.82 bits per heavy atom. The molecular formula is C10H16F5NS. The third-order valence-electron chi connectivity index (χ3n) is 2.59. The van der Waals surface area contributed by atoms with Crippen molar-refractivity contribution in [1.29, 1.82) is 0 Å². The highest BCUT2D eigenvalue weighted by Gasteiger charge is 2.34. The van der Waals surface area contributed by atoms with E-state index in [0.717, 1.165) is 19.4 Å². The second-order valence-electron chi connectivity index (χ2n) is 4.21. The molecule has 0 radical (unpaired) electrons. The first-order valence-corrected chi connectivity index (χ1v) is 6.59. The Morgan fingerprint density at radius 3 is 2.35 bits per heavy atom. The van der Waals surface area contributed by atoms with Crippen molar-refractivity contribution in [3.63, 3.8) is 0 Å². The molecule has 0 bridgehead atoms. The van der Waals surface area contributed by atoms with Crippen molar-refractivity contribution >= 4 is 11.8 Å². The Kier molecular flexibility index (Phi) is 5.50. The summed E-state index contributed by atoms with van der Waals surface area (Å²) >= 11 is 0.463. The predicted octanol–water partition coefficient (Wildman–Crippen LogP) is 3.80. The molecule has 1 aliphatic heterocycles. The van der Waals surface area contributed by atoms with E-state index in [0.29, 0.717) is 11.8 Å². The van der Waals surface area contributed by atoms with Gasteiger partial charge in [-0.15, -0.1) is 0 Å². The first kappa shape index (κ1) is 15.0. The minimum absolute atomic E-state index is 0.0773. The Bertz CT molecular complexity index is 225. The third-order valence-corrected chi connectivity index (χ3v) is 3.78. The summed E-state index contributed by atoms with van der Waals surface area (Å²) in [5, 5.41) is 0.0292. The van der Waals surface area contributed by atoms with Gasteiger partial charge in [-0.05, 0) is 25.8 Å². The van der Waals surface area contributed by atoms with Crippen LogP contribution in [0.25, 0.3) is 0 Å². The molecule has 1 nitrogen and oxygen atoms in total. The van der Waals surface area contributed by atoms with E-state index in [-0.39, 0.29) is 11.8 Å². The predicted molar refractivity (Wildman–Crippen MR) is 58.3 cm³/mol. The number of hydrogen-bond donors (Lipinski definition) is 1. The topological polar surface area (TPSA) is 12.0 Å². The first-order chi connectivity index (χ1) is 7.79. The van der Waals surface area contributed by atoms with Crippen molar-refractivity contribution in [3.8, 4) is 0 Å². The smallest absolute Gasteiger partial charge is 0.313 e. The van der Waals surface area contributed by atoms with Crippen LogP contribution in [0.4, 0.5) is 22.0 Å². The monoisotopic (exact) mass is 277 g/mol. The fraction of sp³-hybridized carbons (Fsp3) is 1.00. The molecule has 0 aromatic rings. The minimum atomic E-state index is -4.34. The molecule has 102 valence electrons. The van der Waals surface area contributed by atoms with E-state index in [1.54, 1.807) is 0 Å². The SMILES string of the molecule is FC(F)(F)CCCC(F)(F)SCC1CCCN1. The van der Waals surface area contributed by atoms with Crippen molar-refractivity contribution in [2.45, 2.75) is 49.6 Å². The molecular weight excluding hydrogens is 261 g/mol. The fourth-order valence-electron chi connectivity index (χ4n) is 1.69. The van der Waals surface area contributed by atoms with E-state index >= 15 is 0 Å². The van der Waals surface area contributed by atoms with Crippen molar-refractivity contribution < 1.29 is 22.0 Å². The number of alkyl halides is 5. The second kappa shape index (κ2) is 6.22. The van der Waals surface area contributed by atoms with Crippen LogP contribution in [0.15, 0.2) is 0 Å². The van der Waals surface area contributed by atoms with Crippen LogP contribution in [0, 0.1) is 0 Å². The van der Waals surface area contributed by atoms with Gasteiger partial charge in [0.15, 0.2) is 0 Å². The number of halogens is 5. The van der Waals surface area contributed by atoms with E-state index in [1.165, 1.54) is 0 Å². The summed E-state index contributed by atoms with van der Waals surface area (Å²) in [6, 6.07) is 0.0773. The standard InChI is InChI=1S/C10H16F5NS/c11-9(12,13)4-2-5-10(14,15)17-7-8-3-1-6-16-8/h8,16H,1-7H2. The first-order valence-electron chi connectivity index (χ1n) is 5.60. The van der Waals surface area contributed by atoms with Gasteiger partial charge in [0.1, 0.15) is 0 Å². The van der Waals surface area contributed by atoms with E-state index in [4.69, 9.17) is 0 Å². The molecule has 1 heterocycles.